The van der Waals surface area contributed by atoms with Crippen LogP contribution in [0.25, 0.3) is 0 Å². The van der Waals surface area contributed by atoms with Crippen molar-refractivity contribution in [1.29, 1.82) is 0 Å². The lowest BCUT2D eigenvalue weighted by Gasteiger charge is -2.21. The molecule has 4 atom stereocenters. The van der Waals surface area contributed by atoms with E-state index in [0.29, 0.717) is 0 Å². The number of esters is 2. The number of alkyl halides is 1. The van der Waals surface area contributed by atoms with Gasteiger partial charge < -0.3 is 19.3 Å². The minimum absolute atomic E-state index is 0.0206. The van der Waals surface area contributed by atoms with Crippen molar-refractivity contribution < 1.29 is 28.9 Å². The molecule has 1 saturated heterocycles. The zero-order valence-corrected chi connectivity index (χ0v) is 9.64. The van der Waals surface area contributed by atoms with Crippen LogP contribution < -0.4 is 0 Å². The largest absolute Gasteiger partial charge is 0.456 e. The highest BCUT2D eigenvalue weighted by Crippen LogP contribution is 2.26. The molecule has 1 fully saturated rings. The minimum atomic E-state index is -1.34. The molecule has 0 radical (unpaired) electrons. The van der Waals surface area contributed by atoms with E-state index in [1.54, 1.807) is 0 Å². The highest BCUT2D eigenvalue weighted by Gasteiger charge is 2.48. The van der Waals surface area contributed by atoms with E-state index < -0.39 is 36.5 Å². The zero-order chi connectivity index (χ0) is 12.3. The molecular weight excluding hydrogens is 240 g/mol. The van der Waals surface area contributed by atoms with Crippen LogP contribution in [0.4, 0.5) is 0 Å². The Morgan fingerprint density at radius 2 is 1.75 bits per heavy atom. The SMILES string of the molecule is CC(=O)O[C@@H]1[C@@H](CCl)OC(O)[C@@H]1OC(C)=O. The van der Waals surface area contributed by atoms with Crippen molar-refractivity contribution in [2.24, 2.45) is 0 Å². The van der Waals surface area contributed by atoms with Gasteiger partial charge in [0.1, 0.15) is 6.10 Å². The van der Waals surface area contributed by atoms with Crippen molar-refractivity contribution >= 4 is 23.5 Å². The molecule has 0 bridgehead atoms. The first-order valence-electron chi connectivity index (χ1n) is 4.69. The van der Waals surface area contributed by atoms with E-state index in [0.717, 1.165) is 0 Å². The van der Waals surface area contributed by atoms with Gasteiger partial charge in [-0.15, -0.1) is 11.6 Å². The average molecular weight is 253 g/mol. The zero-order valence-electron chi connectivity index (χ0n) is 8.88. The Balaban J connectivity index is 2.76. The molecule has 0 aliphatic carbocycles. The van der Waals surface area contributed by atoms with Crippen LogP contribution in [0.1, 0.15) is 13.8 Å². The van der Waals surface area contributed by atoms with Crippen LogP contribution in [-0.2, 0) is 23.8 Å². The van der Waals surface area contributed by atoms with E-state index in [1.807, 2.05) is 0 Å². The second-order valence-electron chi connectivity index (χ2n) is 3.37. The number of hydrogen-bond donors (Lipinski definition) is 1. The van der Waals surface area contributed by atoms with E-state index >= 15 is 0 Å². The lowest BCUT2D eigenvalue weighted by Crippen LogP contribution is -2.40. The summed E-state index contributed by atoms with van der Waals surface area (Å²) < 4.78 is 14.7. The van der Waals surface area contributed by atoms with E-state index in [4.69, 9.17) is 25.8 Å². The fraction of sp³-hybridized carbons (Fsp3) is 0.778. The van der Waals surface area contributed by atoms with E-state index in [1.165, 1.54) is 13.8 Å². The Bertz CT molecular complexity index is 281. The Hall–Kier alpha value is -0.850. The Kier molecular flexibility index (Phi) is 4.52. The van der Waals surface area contributed by atoms with Crippen LogP contribution in [0.15, 0.2) is 0 Å². The van der Waals surface area contributed by atoms with Crippen molar-refractivity contribution in [3.63, 3.8) is 0 Å². The summed E-state index contributed by atoms with van der Waals surface area (Å²) in [5.74, 6) is -1.14. The molecule has 1 N–H and O–H groups in total. The van der Waals surface area contributed by atoms with Crippen molar-refractivity contribution in [2.75, 3.05) is 5.88 Å². The highest BCUT2D eigenvalue weighted by molar-refractivity contribution is 6.18. The lowest BCUT2D eigenvalue weighted by molar-refractivity contribution is -0.174. The second kappa shape index (κ2) is 5.47. The van der Waals surface area contributed by atoms with Gasteiger partial charge in [0.25, 0.3) is 0 Å². The number of hydrogen-bond acceptors (Lipinski definition) is 6. The quantitative estimate of drug-likeness (QED) is 0.554. The molecule has 0 aromatic heterocycles. The van der Waals surface area contributed by atoms with Gasteiger partial charge in [0, 0.05) is 13.8 Å². The number of rotatable bonds is 3. The monoisotopic (exact) mass is 252 g/mol. The summed E-state index contributed by atoms with van der Waals surface area (Å²) in [6.45, 7) is 2.40. The van der Waals surface area contributed by atoms with Crippen LogP contribution in [0.3, 0.4) is 0 Å². The summed E-state index contributed by atoms with van der Waals surface area (Å²) in [5.41, 5.74) is 0. The van der Waals surface area contributed by atoms with E-state index in [-0.39, 0.29) is 5.88 Å². The van der Waals surface area contributed by atoms with Gasteiger partial charge in [-0.2, -0.15) is 0 Å². The standard InChI is InChI=1S/C9H13ClO6/c1-4(11)14-7-6(3-10)16-9(13)8(7)15-5(2)12/h6-9,13H,3H2,1-2H3/t6-,7-,8-,9?/m1/s1. The summed E-state index contributed by atoms with van der Waals surface area (Å²) >= 11 is 5.59. The van der Waals surface area contributed by atoms with Gasteiger partial charge >= 0.3 is 11.9 Å². The summed E-state index contributed by atoms with van der Waals surface area (Å²) in [7, 11) is 0. The predicted molar refractivity (Wildman–Crippen MR) is 52.7 cm³/mol. The number of carbonyl (C=O) groups excluding carboxylic acids is 2. The molecular formula is C9H13ClO6. The highest BCUT2D eigenvalue weighted by atomic mass is 35.5. The third-order valence-corrected chi connectivity index (χ3v) is 2.35. The van der Waals surface area contributed by atoms with Crippen LogP contribution >= 0.6 is 11.6 Å². The normalized spacial score (nSPS) is 33.5. The minimum Gasteiger partial charge on any atom is -0.456 e. The first kappa shape index (κ1) is 13.2. The van der Waals surface area contributed by atoms with Crippen molar-refractivity contribution in [3.05, 3.63) is 0 Å². The van der Waals surface area contributed by atoms with Crippen LogP contribution in [0.2, 0.25) is 0 Å². The molecule has 0 aromatic carbocycles. The molecule has 16 heavy (non-hydrogen) atoms. The molecule has 1 heterocycles. The van der Waals surface area contributed by atoms with Gasteiger partial charge in [-0.25, -0.2) is 0 Å². The molecule has 0 amide bonds. The first-order chi connectivity index (χ1) is 7.45. The topological polar surface area (TPSA) is 82.1 Å². The Morgan fingerprint density at radius 1 is 1.25 bits per heavy atom. The first-order valence-corrected chi connectivity index (χ1v) is 5.23. The van der Waals surface area contributed by atoms with Gasteiger partial charge in [-0.1, -0.05) is 0 Å². The van der Waals surface area contributed by atoms with Crippen molar-refractivity contribution in [1.82, 2.24) is 0 Å². The number of ether oxygens (including phenoxy) is 3. The number of aliphatic hydroxyl groups is 1. The van der Waals surface area contributed by atoms with Gasteiger partial charge in [0.05, 0.1) is 5.88 Å². The second-order valence-corrected chi connectivity index (χ2v) is 3.68. The van der Waals surface area contributed by atoms with E-state index in [9.17, 15) is 14.7 Å². The third kappa shape index (κ3) is 3.07. The molecule has 0 saturated carbocycles. The van der Waals surface area contributed by atoms with Crippen LogP contribution in [0, 0.1) is 0 Å². The number of carbonyl (C=O) groups is 2. The lowest BCUT2D eigenvalue weighted by atomic mass is 10.1. The maximum absolute atomic E-state index is 10.9. The number of halogens is 1. The molecule has 1 aliphatic heterocycles. The van der Waals surface area contributed by atoms with Gasteiger partial charge in [0.2, 0.25) is 0 Å². The number of aliphatic hydroxyl groups excluding tert-OH is 1. The van der Waals surface area contributed by atoms with E-state index in [2.05, 4.69) is 0 Å². The molecule has 1 unspecified atom stereocenters. The van der Waals surface area contributed by atoms with Crippen LogP contribution in [-0.4, -0.2) is 47.5 Å². The van der Waals surface area contributed by atoms with Gasteiger partial charge in [-0.3, -0.25) is 9.59 Å². The Labute approximate surface area is 97.4 Å². The van der Waals surface area contributed by atoms with Crippen molar-refractivity contribution in [2.45, 2.75) is 38.4 Å². The fourth-order valence-corrected chi connectivity index (χ4v) is 1.73. The summed E-state index contributed by atoms with van der Waals surface area (Å²) in [6, 6.07) is 0. The summed E-state index contributed by atoms with van der Waals surface area (Å²) in [6.07, 6.45) is -3.94. The van der Waals surface area contributed by atoms with Gasteiger partial charge in [0.15, 0.2) is 18.5 Å². The smallest absolute Gasteiger partial charge is 0.303 e. The molecule has 92 valence electrons. The molecule has 6 nitrogen and oxygen atoms in total. The Morgan fingerprint density at radius 3 is 2.19 bits per heavy atom. The van der Waals surface area contributed by atoms with Crippen molar-refractivity contribution in [3.8, 4) is 0 Å². The summed E-state index contributed by atoms with van der Waals surface area (Å²) in [4.78, 5) is 21.7. The summed E-state index contributed by atoms with van der Waals surface area (Å²) in [5, 5.41) is 9.47. The molecule has 1 aliphatic rings. The van der Waals surface area contributed by atoms with Crippen LogP contribution in [0.5, 0.6) is 0 Å². The molecule has 1 rings (SSSR count). The average Bonchev–Trinajstić information content (AvgIpc) is 2.44. The van der Waals surface area contributed by atoms with Gasteiger partial charge in [-0.05, 0) is 0 Å². The fourth-order valence-electron chi connectivity index (χ4n) is 1.48. The molecule has 0 aromatic rings. The third-order valence-electron chi connectivity index (χ3n) is 2.04. The maximum atomic E-state index is 10.9. The maximum Gasteiger partial charge on any atom is 0.303 e. The predicted octanol–water partition coefficient (Wildman–Crippen LogP) is -0.194. The molecule has 0 spiro atoms. The molecule has 7 heteroatoms.